The summed E-state index contributed by atoms with van der Waals surface area (Å²) in [6.45, 7) is 6.20. The first-order valence-electron chi connectivity index (χ1n) is 3.37. The lowest BCUT2D eigenvalue weighted by molar-refractivity contribution is -0.159. The van der Waals surface area contributed by atoms with E-state index < -0.39 is 20.1 Å². The van der Waals surface area contributed by atoms with Crippen LogP contribution in [0.15, 0.2) is 12.2 Å². The summed E-state index contributed by atoms with van der Waals surface area (Å²) in [6.07, 6.45) is -1.05. The molecule has 0 rings (SSSR count). The van der Waals surface area contributed by atoms with Crippen LogP contribution < -0.4 is 0 Å². The fourth-order valence-corrected chi connectivity index (χ4v) is 0.255. The molecule has 8 heteroatoms. The fraction of sp³-hybridized carbons (Fsp3) is 0.500. The minimum Gasteiger partial charge on any atom is -0.433 e. The van der Waals surface area contributed by atoms with Crippen molar-refractivity contribution in [1.29, 1.82) is 0 Å². The van der Waals surface area contributed by atoms with Gasteiger partial charge in [-0.2, -0.15) is 0 Å². The average molecular weight is 228 g/mol. The van der Waals surface area contributed by atoms with E-state index >= 15 is 0 Å². The van der Waals surface area contributed by atoms with E-state index in [2.05, 4.69) is 11.3 Å². The second kappa shape index (κ2) is 6.69. The first kappa shape index (κ1) is 15.7. The van der Waals surface area contributed by atoms with E-state index in [4.69, 9.17) is 24.4 Å². The van der Waals surface area contributed by atoms with E-state index in [1.165, 1.54) is 13.8 Å². The Hall–Kier alpha value is -0.720. The fourth-order valence-electron chi connectivity index (χ4n) is 0.255. The van der Waals surface area contributed by atoms with Gasteiger partial charge in [-0.3, -0.25) is 0 Å². The molecule has 1 atom stereocenters. The first-order chi connectivity index (χ1) is 6.04. The highest BCUT2D eigenvalue weighted by Crippen LogP contribution is 2.25. The van der Waals surface area contributed by atoms with E-state index in [-0.39, 0.29) is 5.57 Å². The SMILES string of the molecule is C=C(C)C(=O)OC(C)O.O=P(O)(O)O. The van der Waals surface area contributed by atoms with Gasteiger partial charge in [0.1, 0.15) is 0 Å². The lowest BCUT2D eigenvalue weighted by atomic mass is 10.4. The van der Waals surface area contributed by atoms with Crippen LogP contribution in [0.5, 0.6) is 0 Å². The second-order valence-electron chi connectivity index (χ2n) is 2.30. The molecule has 0 bridgehead atoms. The number of hydrogen-bond donors (Lipinski definition) is 4. The van der Waals surface area contributed by atoms with Gasteiger partial charge >= 0.3 is 13.8 Å². The molecule has 7 nitrogen and oxygen atoms in total. The number of aliphatic hydroxyl groups is 1. The molecule has 0 aromatic carbocycles. The smallest absolute Gasteiger partial charge is 0.433 e. The number of carbonyl (C=O) groups is 1. The predicted octanol–water partition coefficient (Wildman–Crippen LogP) is -0.485. The number of ether oxygens (including phenoxy) is 1. The second-order valence-corrected chi connectivity index (χ2v) is 3.32. The zero-order chi connectivity index (χ0) is 11.9. The Kier molecular flexibility index (Phi) is 7.52. The predicted molar refractivity (Wildman–Crippen MR) is 46.8 cm³/mol. The topological polar surface area (TPSA) is 124 Å². The Balaban J connectivity index is 0. The van der Waals surface area contributed by atoms with Crippen molar-refractivity contribution in [1.82, 2.24) is 0 Å². The van der Waals surface area contributed by atoms with Crippen molar-refractivity contribution in [3.63, 3.8) is 0 Å². The molecule has 4 N–H and O–H groups in total. The van der Waals surface area contributed by atoms with E-state index in [1.54, 1.807) is 0 Å². The summed E-state index contributed by atoms with van der Waals surface area (Å²) in [5, 5.41) is 8.49. The molecule has 0 aliphatic carbocycles. The van der Waals surface area contributed by atoms with Gasteiger partial charge in [0, 0.05) is 5.57 Å². The summed E-state index contributed by atoms with van der Waals surface area (Å²) in [5.74, 6) is -0.565. The Bertz CT molecular complexity index is 232. The Morgan fingerprint density at radius 1 is 1.43 bits per heavy atom. The Labute approximate surface area is 80.9 Å². The zero-order valence-corrected chi connectivity index (χ0v) is 8.64. The van der Waals surface area contributed by atoms with Gasteiger partial charge in [-0.25, -0.2) is 9.36 Å². The summed E-state index contributed by atoms with van der Waals surface area (Å²) in [5.41, 5.74) is 0.288. The number of hydrogen-bond acceptors (Lipinski definition) is 4. The standard InChI is InChI=1S/C6H10O3.H3O4P/c1-4(2)6(8)9-5(3)7;1-5(2,3)4/h5,7H,1H2,2-3H3;(H3,1,2,3,4). The van der Waals surface area contributed by atoms with Gasteiger partial charge in [0.25, 0.3) is 0 Å². The molecule has 0 aromatic heterocycles. The molecule has 0 aliphatic heterocycles. The van der Waals surface area contributed by atoms with Crippen LogP contribution in [0.1, 0.15) is 13.8 Å². The molecule has 14 heavy (non-hydrogen) atoms. The van der Waals surface area contributed by atoms with Crippen molar-refractivity contribution in [2.45, 2.75) is 20.1 Å². The van der Waals surface area contributed by atoms with Crippen molar-refractivity contribution >= 4 is 13.8 Å². The third kappa shape index (κ3) is 22.5. The third-order valence-electron chi connectivity index (χ3n) is 0.626. The molecular weight excluding hydrogens is 215 g/mol. The van der Waals surface area contributed by atoms with Crippen LogP contribution in [0.25, 0.3) is 0 Å². The molecule has 0 aliphatic rings. The van der Waals surface area contributed by atoms with Gasteiger partial charge in [0.05, 0.1) is 0 Å². The molecule has 0 radical (unpaired) electrons. The van der Waals surface area contributed by atoms with Gasteiger partial charge in [-0.1, -0.05) is 6.58 Å². The maximum absolute atomic E-state index is 10.5. The first-order valence-corrected chi connectivity index (χ1v) is 4.93. The van der Waals surface area contributed by atoms with Crippen molar-refractivity contribution < 1.29 is 33.9 Å². The maximum atomic E-state index is 10.5. The quantitative estimate of drug-likeness (QED) is 0.217. The molecule has 0 spiro atoms. The van der Waals surface area contributed by atoms with E-state index in [9.17, 15) is 4.79 Å². The highest BCUT2D eigenvalue weighted by atomic mass is 31.2. The normalized spacial score (nSPS) is 12.1. The van der Waals surface area contributed by atoms with Crippen LogP contribution in [0.4, 0.5) is 0 Å². The number of rotatable bonds is 2. The highest BCUT2D eigenvalue weighted by molar-refractivity contribution is 7.45. The van der Waals surface area contributed by atoms with E-state index in [0.29, 0.717) is 0 Å². The molecule has 0 aromatic rings. The van der Waals surface area contributed by atoms with Crippen LogP contribution in [-0.2, 0) is 14.1 Å². The number of esters is 1. The molecule has 0 saturated carbocycles. The third-order valence-corrected chi connectivity index (χ3v) is 0.626. The van der Waals surface area contributed by atoms with Crippen LogP contribution in [0.3, 0.4) is 0 Å². The zero-order valence-electron chi connectivity index (χ0n) is 7.75. The van der Waals surface area contributed by atoms with Crippen molar-refractivity contribution in [2.24, 2.45) is 0 Å². The minimum absolute atomic E-state index is 0.288. The molecule has 1 unspecified atom stereocenters. The van der Waals surface area contributed by atoms with Gasteiger partial charge in [0.15, 0.2) is 6.29 Å². The lowest BCUT2D eigenvalue weighted by Crippen LogP contribution is -2.13. The van der Waals surface area contributed by atoms with Crippen LogP contribution in [0, 0.1) is 0 Å². The van der Waals surface area contributed by atoms with E-state index in [0.717, 1.165) is 0 Å². The lowest BCUT2D eigenvalue weighted by Gasteiger charge is -2.04. The van der Waals surface area contributed by atoms with Gasteiger partial charge < -0.3 is 24.5 Å². The Morgan fingerprint density at radius 2 is 1.71 bits per heavy atom. The van der Waals surface area contributed by atoms with Crippen molar-refractivity contribution in [2.75, 3.05) is 0 Å². The van der Waals surface area contributed by atoms with Crippen LogP contribution >= 0.6 is 7.82 Å². The number of phosphoric acid groups is 1. The summed E-state index contributed by atoms with van der Waals surface area (Å²) in [6, 6.07) is 0. The van der Waals surface area contributed by atoms with Crippen molar-refractivity contribution in [3.05, 3.63) is 12.2 Å². The molecule has 0 heterocycles. The summed E-state index contributed by atoms with van der Waals surface area (Å²) in [4.78, 5) is 32.0. The molecular formula is C6H13O7P. The highest BCUT2D eigenvalue weighted by Gasteiger charge is 2.04. The summed E-state index contributed by atoms with van der Waals surface area (Å²) < 4.78 is 13.2. The van der Waals surface area contributed by atoms with Gasteiger partial charge in [-0.15, -0.1) is 0 Å². The monoisotopic (exact) mass is 228 g/mol. The number of carbonyl (C=O) groups excluding carboxylic acids is 1. The molecule has 0 amide bonds. The van der Waals surface area contributed by atoms with Gasteiger partial charge in [0.2, 0.25) is 0 Å². The minimum atomic E-state index is -4.64. The Morgan fingerprint density at radius 3 is 1.79 bits per heavy atom. The summed E-state index contributed by atoms with van der Waals surface area (Å²) in [7, 11) is -4.64. The average Bonchev–Trinajstić information content (AvgIpc) is 1.80. The van der Waals surface area contributed by atoms with Crippen molar-refractivity contribution in [3.8, 4) is 0 Å². The maximum Gasteiger partial charge on any atom is 0.466 e. The summed E-state index contributed by atoms with van der Waals surface area (Å²) >= 11 is 0. The van der Waals surface area contributed by atoms with E-state index in [1.807, 2.05) is 0 Å². The number of aliphatic hydroxyl groups excluding tert-OH is 1. The van der Waals surface area contributed by atoms with Crippen LogP contribution in [0.2, 0.25) is 0 Å². The largest absolute Gasteiger partial charge is 0.466 e. The molecule has 0 saturated heterocycles. The molecule has 0 fully saturated rings. The molecule has 84 valence electrons. The van der Waals surface area contributed by atoms with Gasteiger partial charge in [-0.05, 0) is 13.8 Å². The van der Waals surface area contributed by atoms with Crippen LogP contribution in [-0.4, -0.2) is 32.0 Å².